The molecule has 0 aliphatic rings. The van der Waals surface area contributed by atoms with Crippen molar-refractivity contribution in [2.75, 3.05) is 6.61 Å². The van der Waals surface area contributed by atoms with Gasteiger partial charge in [-0.3, -0.25) is 4.79 Å². The average molecular weight is 437 g/mol. The molecule has 0 saturated heterocycles. The number of rotatable bonds is 7. The Morgan fingerprint density at radius 2 is 2.04 bits per heavy atom. The lowest BCUT2D eigenvalue weighted by Crippen LogP contribution is -2.51. The summed E-state index contributed by atoms with van der Waals surface area (Å²) in [6.07, 6.45) is 1.16. The maximum Gasteiger partial charge on any atom is 0.308 e. The van der Waals surface area contributed by atoms with E-state index in [-0.39, 0.29) is 24.5 Å². The van der Waals surface area contributed by atoms with Crippen LogP contribution in [0.1, 0.15) is 53.5 Å². The standard InChI is InChI=1S/C17H26BrFN2O3S/c1-11(2)10-24-14(22)8-17(6,21-25(23)16(3,4)5)13-7-12(18)9-20-15(13)19/h7,9,11,21H,8,10H2,1-6H3/t17-,25+/m0/s1. The fourth-order valence-electron chi connectivity index (χ4n) is 1.95. The Bertz CT molecular complexity index is 610. The molecule has 0 aromatic carbocycles. The van der Waals surface area contributed by atoms with Crippen LogP contribution in [-0.2, 0) is 26.4 Å². The SMILES string of the molecule is CC(C)COC(=O)C[C@](C)(N[S@+]([O-])C(C)(C)C)c1cc(Br)cnc1F. The first-order valence-electron chi connectivity index (χ1n) is 8.02. The molecular formula is C17H26BrFN2O3S. The van der Waals surface area contributed by atoms with Crippen LogP contribution in [0.5, 0.6) is 0 Å². The molecular weight excluding hydrogens is 411 g/mol. The van der Waals surface area contributed by atoms with Gasteiger partial charge in [0.05, 0.1) is 13.0 Å². The van der Waals surface area contributed by atoms with Crippen LogP contribution in [0.4, 0.5) is 4.39 Å². The average Bonchev–Trinajstić information content (AvgIpc) is 2.46. The highest BCUT2D eigenvalue weighted by atomic mass is 79.9. The molecule has 0 spiro atoms. The molecule has 0 bridgehead atoms. The summed E-state index contributed by atoms with van der Waals surface area (Å²) in [7, 11) is 0. The fourth-order valence-corrected chi connectivity index (χ4v) is 3.18. The lowest BCUT2D eigenvalue weighted by Gasteiger charge is -2.34. The summed E-state index contributed by atoms with van der Waals surface area (Å²) >= 11 is 1.74. The van der Waals surface area contributed by atoms with Crippen molar-refractivity contribution in [2.45, 2.75) is 58.2 Å². The van der Waals surface area contributed by atoms with Crippen LogP contribution in [-0.4, -0.2) is 26.9 Å². The van der Waals surface area contributed by atoms with Gasteiger partial charge in [-0.25, -0.2) is 4.98 Å². The number of nitrogens with zero attached hydrogens (tertiary/aromatic N) is 1. The molecule has 2 atom stereocenters. The third kappa shape index (κ3) is 6.84. The van der Waals surface area contributed by atoms with E-state index in [1.807, 2.05) is 13.8 Å². The minimum absolute atomic E-state index is 0.154. The monoisotopic (exact) mass is 436 g/mol. The first-order valence-corrected chi connectivity index (χ1v) is 9.96. The second kappa shape index (κ2) is 8.79. The van der Waals surface area contributed by atoms with E-state index in [0.717, 1.165) is 0 Å². The third-order valence-electron chi connectivity index (χ3n) is 3.35. The Kier molecular flexibility index (Phi) is 7.86. The van der Waals surface area contributed by atoms with Crippen molar-refractivity contribution in [3.05, 3.63) is 28.2 Å². The maximum atomic E-state index is 14.4. The summed E-state index contributed by atoms with van der Waals surface area (Å²) < 4.78 is 35.1. The maximum absolute atomic E-state index is 14.4. The van der Waals surface area contributed by atoms with Crippen molar-refractivity contribution in [1.29, 1.82) is 0 Å². The molecule has 5 nitrogen and oxygen atoms in total. The van der Waals surface area contributed by atoms with E-state index in [9.17, 15) is 13.7 Å². The van der Waals surface area contributed by atoms with E-state index in [1.165, 1.54) is 12.3 Å². The van der Waals surface area contributed by atoms with E-state index in [0.29, 0.717) is 4.47 Å². The number of ether oxygens (including phenoxy) is 1. The molecule has 0 aliphatic heterocycles. The molecule has 1 N–H and O–H groups in total. The van der Waals surface area contributed by atoms with E-state index in [2.05, 4.69) is 25.6 Å². The lowest BCUT2D eigenvalue weighted by molar-refractivity contribution is -0.146. The van der Waals surface area contributed by atoms with Crippen LogP contribution in [0, 0.1) is 11.9 Å². The number of hydrogen-bond acceptors (Lipinski definition) is 5. The normalized spacial score (nSPS) is 15.8. The van der Waals surface area contributed by atoms with Gasteiger partial charge in [0.2, 0.25) is 5.95 Å². The van der Waals surface area contributed by atoms with Crippen LogP contribution in [0.2, 0.25) is 0 Å². The highest BCUT2D eigenvalue weighted by Gasteiger charge is 2.41. The van der Waals surface area contributed by atoms with E-state index in [1.54, 1.807) is 27.7 Å². The second-order valence-electron chi connectivity index (χ2n) is 7.56. The van der Waals surface area contributed by atoms with Crippen LogP contribution in [0.3, 0.4) is 0 Å². The topological polar surface area (TPSA) is 74.3 Å². The molecule has 1 rings (SSSR count). The van der Waals surface area contributed by atoms with E-state index >= 15 is 0 Å². The Morgan fingerprint density at radius 1 is 1.44 bits per heavy atom. The Morgan fingerprint density at radius 3 is 2.56 bits per heavy atom. The van der Waals surface area contributed by atoms with Crippen molar-refractivity contribution in [3.63, 3.8) is 0 Å². The molecule has 25 heavy (non-hydrogen) atoms. The number of hydrogen-bond donors (Lipinski definition) is 1. The molecule has 8 heteroatoms. The zero-order valence-corrected chi connectivity index (χ0v) is 17.9. The molecule has 0 fully saturated rings. The number of nitrogens with one attached hydrogen (secondary N) is 1. The van der Waals surface area contributed by atoms with Crippen LogP contribution >= 0.6 is 15.9 Å². The molecule has 0 saturated carbocycles. The zero-order chi connectivity index (χ0) is 19.4. The first-order chi connectivity index (χ1) is 11.3. The summed E-state index contributed by atoms with van der Waals surface area (Å²) in [5, 5.41) is 0. The molecule has 1 aromatic rings. The van der Waals surface area contributed by atoms with Gasteiger partial charge < -0.3 is 9.29 Å². The van der Waals surface area contributed by atoms with Crippen molar-refractivity contribution >= 4 is 33.3 Å². The number of esters is 1. The largest absolute Gasteiger partial charge is 0.598 e. The van der Waals surface area contributed by atoms with Gasteiger partial charge in [0, 0.05) is 27.6 Å². The molecule has 0 aliphatic carbocycles. The fraction of sp³-hybridized carbons (Fsp3) is 0.647. The Labute approximate surface area is 160 Å². The third-order valence-corrected chi connectivity index (χ3v) is 5.53. The van der Waals surface area contributed by atoms with Gasteiger partial charge in [0.15, 0.2) is 0 Å². The van der Waals surface area contributed by atoms with Crippen molar-refractivity contribution in [3.8, 4) is 0 Å². The van der Waals surface area contributed by atoms with Crippen LogP contribution in [0.15, 0.2) is 16.7 Å². The second-order valence-corrected chi connectivity index (χ2v) is 10.4. The highest BCUT2D eigenvalue weighted by molar-refractivity contribution is 9.10. The van der Waals surface area contributed by atoms with Gasteiger partial charge in [0.1, 0.15) is 10.3 Å². The van der Waals surface area contributed by atoms with Gasteiger partial charge in [-0.15, -0.1) is 4.72 Å². The van der Waals surface area contributed by atoms with E-state index < -0.39 is 33.6 Å². The number of pyridine rings is 1. The minimum Gasteiger partial charge on any atom is -0.598 e. The van der Waals surface area contributed by atoms with Gasteiger partial charge in [-0.05, 0) is 55.6 Å². The number of halogens is 2. The Balaban J connectivity index is 3.17. The molecule has 0 radical (unpaired) electrons. The molecule has 0 unspecified atom stereocenters. The smallest absolute Gasteiger partial charge is 0.308 e. The minimum atomic E-state index is -1.52. The molecule has 1 aromatic heterocycles. The molecule has 1 heterocycles. The number of carbonyl (C=O) groups is 1. The predicted octanol–water partition coefficient (Wildman–Crippen LogP) is 3.84. The predicted molar refractivity (Wildman–Crippen MR) is 101 cm³/mol. The van der Waals surface area contributed by atoms with Gasteiger partial charge >= 0.3 is 5.97 Å². The van der Waals surface area contributed by atoms with Gasteiger partial charge in [-0.1, -0.05) is 13.8 Å². The van der Waals surface area contributed by atoms with Crippen molar-refractivity contribution in [1.82, 2.24) is 9.71 Å². The molecule has 0 amide bonds. The van der Waals surface area contributed by atoms with Gasteiger partial charge in [-0.2, -0.15) is 4.39 Å². The van der Waals surface area contributed by atoms with E-state index in [4.69, 9.17) is 4.74 Å². The summed E-state index contributed by atoms with van der Waals surface area (Å²) in [5.41, 5.74) is -1.08. The summed E-state index contributed by atoms with van der Waals surface area (Å²) in [4.78, 5) is 15.9. The van der Waals surface area contributed by atoms with Crippen LogP contribution in [0.25, 0.3) is 0 Å². The number of carbonyl (C=O) groups excluding carboxylic acids is 1. The summed E-state index contributed by atoms with van der Waals surface area (Å²) in [6.45, 7) is 11.1. The lowest BCUT2D eigenvalue weighted by atomic mass is 9.91. The highest BCUT2D eigenvalue weighted by Crippen LogP contribution is 2.31. The van der Waals surface area contributed by atoms with Crippen molar-refractivity contribution in [2.24, 2.45) is 5.92 Å². The molecule has 142 valence electrons. The first kappa shape index (κ1) is 22.3. The van der Waals surface area contributed by atoms with Gasteiger partial charge in [0.25, 0.3) is 0 Å². The summed E-state index contributed by atoms with van der Waals surface area (Å²) in [6, 6.07) is 1.53. The van der Waals surface area contributed by atoms with Crippen molar-refractivity contribution < 1.29 is 18.5 Å². The number of aromatic nitrogens is 1. The zero-order valence-electron chi connectivity index (χ0n) is 15.5. The quantitative estimate of drug-likeness (QED) is 0.399. The summed E-state index contributed by atoms with van der Waals surface area (Å²) in [5.74, 6) is -1.02. The van der Waals surface area contributed by atoms with Crippen LogP contribution < -0.4 is 4.72 Å². The Hall–Kier alpha value is -0.700.